The molecule has 2 atom stereocenters. The lowest BCUT2D eigenvalue weighted by Crippen LogP contribution is -2.52. The number of carbonyl (C=O) groups is 2. The molecule has 26 heavy (non-hydrogen) atoms. The Kier molecular flexibility index (Phi) is 5.22. The highest BCUT2D eigenvalue weighted by Crippen LogP contribution is 2.38. The maximum atomic E-state index is 13.0. The van der Waals surface area contributed by atoms with E-state index in [0.29, 0.717) is 25.1 Å². The maximum absolute atomic E-state index is 13.0. The van der Waals surface area contributed by atoms with Crippen LogP contribution in [0, 0.1) is 5.92 Å². The van der Waals surface area contributed by atoms with Crippen LogP contribution in [0.4, 0.5) is 13.2 Å². The second kappa shape index (κ2) is 7.26. The number of rotatable bonds is 2. The molecule has 3 rings (SSSR count). The minimum absolute atomic E-state index is 0.0317. The van der Waals surface area contributed by atoms with E-state index >= 15 is 0 Å². The van der Waals surface area contributed by atoms with Crippen LogP contribution in [0.25, 0.3) is 0 Å². The summed E-state index contributed by atoms with van der Waals surface area (Å²) in [5.74, 6) is -0.567. The van der Waals surface area contributed by atoms with Gasteiger partial charge in [0.2, 0.25) is 11.8 Å². The Hall–Kier alpha value is -2.09. The SMILES string of the molecule is CN1C(=O)CC[C@@H](C(=O)N2CCNCC2)[C@@H]1c1ccc(C(F)(F)F)cc1. The van der Waals surface area contributed by atoms with Gasteiger partial charge in [-0.1, -0.05) is 12.1 Å². The molecule has 2 heterocycles. The summed E-state index contributed by atoms with van der Waals surface area (Å²) >= 11 is 0. The molecule has 142 valence electrons. The van der Waals surface area contributed by atoms with Gasteiger partial charge >= 0.3 is 6.18 Å². The monoisotopic (exact) mass is 369 g/mol. The minimum Gasteiger partial charge on any atom is -0.340 e. The summed E-state index contributed by atoms with van der Waals surface area (Å²) in [6, 6.07) is 4.23. The van der Waals surface area contributed by atoms with Gasteiger partial charge in [0.05, 0.1) is 17.5 Å². The molecule has 8 heteroatoms. The van der Waals surface area contributed by atoms with E-state index in [1.807, 2.05) is 0 Å². The molecular weight excluding hydrogens is 347 g/mol. The number of nitrogens with zero attached hydrogens (tertiary/aromatic N) is 2. The van der Waals surface area contributed by atoms with Gasteiger partial charge in [-0.2, -0.15) is 13.2 Å². The molecule has 2 aliphatic rings. The van der Waals surface area contributed by atoms with Gasteiger partial charge in [0.25, 0.3) is 0 Å². The number of halogens is 3. The first-order valence-electron chi connectivity index (χ1n) is 8.71. The zero-order valence-corrected chi connectivity index (χ0v) is 14.6. The van der Waals surface area contributed by atoms with Gasteiger partial charge in [0.1, 0.15) is 0 Å². The fourth-order valence-electron chi connectivity index (χ4n) is 3.74. The van der Waals surface area contributed by atoms with E-state index in [1.54, 1.807) is 11.9 Å². The Morgan fingerprint density at radius 2 is 1.77 bits per heavy atom. The number of amides is 2. The number of piperazine rings is 1. The number of hydrogen-bond donors (Lipinski definition) is 1. The van der Waals surface area contributed by atoms with Crippen molar-refractivity contribution < 1.29 is 22.8 Å². The van der Waals surface area contributed by atoms with Crippen molar-refractivity contribution in [2.24, 2.45) is 5.92 Å². The maximum Gasteiger partial charge on any atom is 0.416 e. The van der Waals surface area contributed by atoms with E-state index in [2.05, 4.69) is 5.32 Å². The van der Waals surface area contributed by atoms with Crippen molar-refractivity contribution in [3.63, 3.8) is 0 Å². The summed E-state index contributed by atoms with van der Waals surface area (Å²) in [5, 5.41) is 3.19. The number of hydrogen-bond acceptors (Lipinski definition) is 3. The molecule has 2 fully saturated rings. The number of nitrogens with one attached hydrogen (secondary N) is 1. The predicted octanol–water partition coefficient (Wildman–Crippen LogP) is 2.05. The number of carbonyl (C=O) groups excluding carboxylic acids is 2. The van der Waals surface area contributed by atoms with E-state index in [0.717, 1.165) is 25.2 Å². The Labute approximate surface area is 150 Å². The Morgan fingerprint density at radius 1 is 1.15 bits per heavy atom. The second-order valence-corrected chi connectivity index (χ2v) is 6.79. The fraction of sp³-hybridized carbons (Fsp3) is 0.556. The molecule has 0 radical (unpaired) electrons. The van der Waals surface area contributed by atoms with E-state index < -0.39 is 23.7 Å². The van der Waals surface area contributed by atoms with Crippen molar-refractivity contribution in [2.75, 3.05) is 33.2 Å². The van der Waals surface area contributed by atoms with Crippen molar-refractivity contribution in [2.45, 2.75) is 25.1 Å². The highest BCUT2D eigenvalue weighted by Gasteiger charge is 2.41. The summed E-state index contributed by atoms with van der Waals surface area (Å²) in [6.07, 6.45) is -3.73. The Morgan fingerprint density at radius 3 is 2.35 bits per heavy atom. The molecule has 2 aliphatic heterocycles. The number of likely N-dealkylation sites (tertiary alicyclic amines) is 1. The Bertz CT molecular complexity index is 669. The van der Waals surface area contributed by atoms with Gasteiger partial charge in [-0.05, 0) is 24.1 Å². The first kappa shape index (κ1) is 18.7. The molecule has 0 aromatic heterocycles. The van der Waals surface area contributed by atoms with Gasteiger partial charge in [0, 0.05) is 39.6 Å². The highest BCUT2D eigenvalue weighted by atomic mass is 19.4. The van der Waals surface area contributed by atoms with Crippen LogP contribution in [-0.4, -0.2) is 54.8 Å². The van der Waals surface area contributed by atoms with Crippen molar-refractivity contribution in [1.29, 1.82) is 0 Å². The molecule has 0 saturated carbocycles. The summed E-state index contributed by atoms with van der Waals surface area (Å²) in [6.45, 7) is 2.65. The van der Waals surface area contributed by atoms with Crippen LogP contribution >= 0.6 is 0 Å². The average Bonchev–Trinajstić information content (AvgIpc) is 2.63. The highest BCUT2D eigenvalue weighted by molar-refractivity contribution is 5.85. The fourth-order valence-corrected chi connectivity index (χ4v) is 3.74. The lowest BCUT2D eigenvalue weighted by Gasteiger charge is -2.41. The van der Waals surface area contributed by atoms with Crippen LogP contribution in [0.5, 0.6) is 0 Å². The first-order valence-corrected chi connectivity index (χ1v) is 8.71. The summed E-state index contributed by atoms with van der Waals surface area (Å²) in [5.41, 5.74) is -0.182. The molecule has 2 saturated heterocycles. The molecule has 0 spiro atoms. The van der Waals surface area contributed by atoms with E-state index in [9.17, 15) is 22.8 Å². The van der Waals surface area contributed by atoms with Crippen molar-refractivity contribution >= 4 is 11.8 Å². The normalized spacial score (nSPS) is 24.7. The van der Waals surface area contributed by atoms with Crippen LogP contribution in [0.15, 0.2) is 24.3 Å². The topological polar surface area (TPSA) is 52.7 Å². The lowest BCUT2D eigenvalue weighted by molar-refractivity contribution is -0.147. The molecule has 0 aliphatic carbocycles. The van der Waals surface area contributed by atoms with Crippen molar-refractivity contribution in [1.82, 2.24) is 15.1 Å². The van der Waals surface area contributed by atoms with Crippen LogP contribution in [0.3, 0.4) is 0 Å². The van der Waals surface area contributed by atoms with Crippen molar-refractivity contribution in [3.05, 3.63) is 35.4 Å². The lowest BCUT2D eigenvalue weighted by atomic mass is 9.83. The molecule has 2 amide bonds. The summed E-state index contributed by atoms with van der Waals surface area (Å²) < 4.78 is 38.5. The van der Waals surface area contributed by atoms with Crippen LogP contribution < -0.4 is 5.32 Å². The largest absolute Gasteiger partial charge is 0.416 e. The quantitative estimate of drug-likeness (QED) is 0.868. The minimum atomic E-state index is -4.41. The molecule has 1 aromatic rings. The summed E-state index contributed by atoms with van der Waals surface area (Å²) in [7, 11) is 1.61. The van der Waals surface area contributed by atoms with Gasteiger partial charge in [-0.15, -0.1) is 0 Å². The van der Waals surface area contributed by atoms with Gasteiger partial charge in [-0.3, -0.25) is 9.59 Å². The predicted molar refractivity (Wildman–Crippen MR) is 89.1 cm³/mol. The van der Waals surface area contributed by atoms with Gasteiger partial charge in [-0.25, -0.2) is 0 Å². The third kappa shape index (κ3) is 3.70. The van der Waals surface area contributed by atoms with Crippen LogP contribution in [-0.2, 0) is 15.8 Å². The number of benzene rings is 1. The number of alkyl halides is 3. The molecule has 1 N–H and O–H groups in total. The molecule has 1 aromatic carbocycles. The molecule has 5 nitrogen and oxygen atoms in total. The Balaban J connectivity index is 1.88. The van der Waals surface area contributed by atoms with Gasteiger partial charge in [0.15, 0.2) is 0 Å². The zero-order valence-electron chi connectivity index (χ0n) is 14.6. The number of piperidine rings is 1. The standard InChI is InChI=1S/C18H22F3N3O2/c1-23-15(25)7-6-14(17(26)24-10-8-22-9-11-24)16(23)12-2-4-13(5-3-12)18(19,20)21/h2-5,14,16,22H,6-11H2,1H3/t14-,16+/m1/s1. The van der Waals surface area contributed by atoms with Crippen LogP contribution in [0.2, 0.25) is 0 Å². The van der Waals surface area contributed by atoms with E-state index in [1.165, 1.54) is 17.0 Å². The third-order valence-electron chi connectivity index (χ3n) is 5.19. The smallest absolute Gasteiger partial charge is 0.340 e. The second-order valence-electron chi connectivity index (χ2n) is 6.79. The molecule has 0 bridgehead atoms. The van der Waals surface area contributed by atoms with Crippen LogP contribution in [0.1, 0.15) is 30.0 Å². The van der Waals surface area contributed by atoms with E-state index in [-0.39, 0.29) is 18.2 Å². The van der Waals surface area contributed by atoms with E-state index in [4.69, 9.17) is 0 Å². The van der Waals surface area contributed by atoms with Gasteiger partial charge < -0.3 is 15.1 Å². The third-order valence-corrected chi connectivity index (χ3v) is 5.19. The summed E-state index contributed by atoms with van der Waals surface area (Å²) in [4.78, 5) is 28.4. The average molecular weight is 369 g/mol. The molecular formula is C18H22F3N3O2. The zero-order chi connectivity index (χ0) is 18.9. The first-order chi connectivity index (χ1) is 12.3. The van der Waals surface area contributed by atoms with Crippen molar-refractivity contribution in [3.8, 4) is 0 Å². The molecule has 0 unspecified atom stereocenters.